The summed E-state index contributed by atoms with van der Waals surface area (Å²) in [5.74, 6) is 0.438. The summed E-state index contributed by atoms with van der Waals surface area (Å²) in [7, 11) is -3.34. The van der Waals surface area contributed by atoms with Crippen molar-refractivity contribution in [1.29, 1.82) is 0 Å². The second-order valence-corrected chi connectivity index (χ2v) is 7.85. The highest BCUT2D eigenvalue weighted by Gasteiger charge is 2.36. The van der Waals surface area contributed by atoms with Gasteiger partial charge in [-0.05, 0) is 31.6 Å². The summed E-state index contributed by atoms with van der Waals surface area (Å²) in [6.07, 6.45) is 8.32. The fourth-order valence-electron chi connectivity index (χ4n) is 2.72. The van der Waals surface area contributed by atoms with Gasteiger partial charge in [-0.2, -0.15) is 9.40 Å². The lowest BCUT2D eigenvalue weighted by molar-refractivity contribution is -0.119. The molecular formula is C13H20N4O3S. The number of carbonyl (C=O) groups excluding carboxylic acids is 1. The van der Waals surface area contributed by atoms with Crippen LogP contribution in [0.5, 0.6) is 0 Å². The lowest BCUT2D eigenvalue weighted by Crippen LogP contribution is -2.42. The van der Waals surface area contributed by atoms with Gasteiger partial charge in [0.15, 0.2) is 0 Å². The number of anilines is 1. The van der Waals surface area contributed by atoms with Crippen LogP contribution in [0.25, 0.3) is 0 Å². The van der Waals surface area contributed by atoms with Crippen molar-refractivity contribution in [3.63, 3.8) is 0 Å². The van der Waals surface area contributed by atoms with E-state index in [1.807, 2.05) is 4.68 Å². The molecule has 2 heterocycles. The first-order valence-electron chi connectivity index (χ1n) is 7.23. The third-order valence-corrected chi connectivity index (χ3v) is 5.26. The van der Waals surface area contributed by atoms with Crippen LogP contribution in [0.3, 0.4) is 0 Å². The number of aromatic nitrogens is 2. The van der Waals surface area contributed by atoms with E-state index >= 15 is 0 Å². The number of hydrogen-bond donors (Lipinski definition) is 1. The number of rotatable bonds is 5. The molecule has 1 aliphatic heterocycles. The Morgan fingerprint density at radius 1 is 1.43 bits per heavy atom. The number of carbonyl (C=O) groups is 1. The SMILES string of the molecule is CS(=O)(=O)N1CCCC1C(=O)Nc1cnn(CC2CC2)c1. The van der Waals surface area contributed by atoms with Crippen molar-refractivity contribution in [1.82, 2.24) is 14.1 Å². The van der Waals surface area contributed by atoms with Crippen molar-refractivity contribution in [2.75, 3.05) is 18.1 Å². The molecule has 1 saturated heterocycles. The number of nitrogens with zero attached hydrogens (tertiary/aromatic N) is 3. The number of hydrogen-bond acceptors (Lipinski definition) is 4. The molecule has 7 nitrogen and oxygen atoms in total. The first-order valence-corrected chi connectivity index (χ1v) is 9.08. The third kappa shape index (κ3) is 3.44. The zero-order chi connectivity index (χ0) is 15.0. The molecule has 1 aromatic heterocycles. The minimum Gasteiger partial charge on any atom is -0.322 e. The lowest BCUT2D eigenvalue weighted by Gasteiger charge is -2.20. The molecule has 8 heteroatoms. The van der Waals surface area contributed by atoms with Crippen molar-refractivity contribution >= 4 is 21.6 Å². The number of amides is 1. The molecule has 2 aliphatic rings. The highest BCUT2D eigenvalue weighted by atomic mass is 32.2. The monoisotopic (exact) mass is 312 g/mol. The fourth-order valence-corrected chi connectivity index (χ4v) is 3.84. The van der Waals surface area contributed by atoms with Gasteiger partial charge in [-0.3, -0.25) is 9.48 Å². The predicted molar refractivity (Wildman–Crippen MR) is 78.2 cm³/mol. The Labute approximate surface area is 124 Å². The van der Waals surface area contributed by atoms with Gasteiger partial charge in [-0.25, -0.2) is 8.42 Å². The summed E-state index contributed by atoms with van der Waals surface area (Å²) in [5, 5.41) is 6.99. The van der Waals surface area contributed by atoms with Crippen molar-refractivity contribution in [2.24, 2.45) is 5.92 Å². The minimum atomic E-state index is -3.34. The van der Waals surface area contributed by atoms with Gasteiger partial charge in [0, 0.05) is 19.3 Å². The molecule has 1 unspecified atom stereocenters. The molecule has 0 aromatic carbocycles. The molecule has 1 amide bonds. The van der Waals surface area contributed by atoms with Crippen molar-refractivity contribution in [3.8, 4) is 0 Å². The van der Waals surface area contributed by atoms with Gasteiger partial charge in [0.25, 0.3) is 0 Å². The molecule has 3 rings (SSSR count). The molecule has 1 aromatic rings. The maximum absolute atomic E-state index is 12.3. The van der Waals surface area contributed by atoms with Gasteiger partial charge in [0.1, 0.15) is 6.04 Å². The van der Waals surface area contributed by atoms with Crippen molar-refractivity contribution < 1.29 is 13.2 Å². The van der Waals surface area contributed by atoms with E-state index in [2.05, 4.69) is 10.4 Å². The molecule has 2 fully saturated rings. The van der Waals surface area contributed by atoms with Crippen LogP contribution in [0.15, 0.2) is 12.4 Å². The quantitative estimate of drug-likeness (QED) is 0.865. The van der Waals surface area contributed by atoms with Gasteiger partial charge in [0.05, 0.1) is 18.1 Å². The molecule has 0 radical (unpaired) electrons. The first kappa shape index (κ1) is 14.5. The minimum absolute atomic E-state index is 0.274. The number of nitrogens with one attached hydrogen (secondary N) is 1. The summed E-state index contributed by atoms with van der Waals surface area (Å²) >= 11 is 0. The van der Waals surface area contributed by atoms with Crippen LogP contribution >= 0.6 is 0 Å². The molecule has 0 bridgehead atoms. The average molecular weight is 312 g/mol. The van der Waals surface area contributed by atoms with Crippen molar-refractivity contribution in [2.45, 2.75) is 38.3 Å². The second-order valence-electron chi connectivity index (χ2n) is 5.92. The van der Waals surface area contributed by atoms with Crippen LogP contribution in [0, 0.1) is 5.92 Å². The van der Waals surface area contributed by atoms with Gasteiger partial charge < -0.3 is 5.32 Å². The Kier molecular flexibility index (Phi) is 3.75. The maximum atomic E-state index is 12.3. The molecule has 1 atom stereocenters. The van der Waals surface area contributed by atoms with Gasteiger partial charge in [0.2, 0.25) is 15.9 Å². The largest absolute Gasteiger partial charge is 0.322 e. The topological polar surface area (TPSA) is 84.3 Å². The molecule has 116 valence electrons. The molecular weight excluding hydrogens is 292 g/mol. The normalized spacial score (nSPS) is 23.4. The Morgan fingerprint density at radius 3 is 2.86 bits per heavy atom. The smallest absolute Gasteiger partial charge is 0.242 e. The summed E-state index contributed by atoms with van der Waals surface area (Å²) in [5.41, 5.74) is 0.626. The zero-order valence-electron chi connectivity index (χ0n) is 12.0. The number of sulfonamides is 1. The average Bonchev–Trinajstić information content (AvgIpc) is 2.91. The maximum Gasteiger partial charge on any atom is 0.242 e. The summed E-state index contributed by atoms with van der Waals surface area (Å²) in [6, 6.07) is -0.605. The summed E-state index contributed by atoms with van der Waals surface area (Å²) in [4.78, 5) is 12.3. The van der Waals surface area contributed by atoms with Crippen LogP contribution in [0.1, 0.15) is 25.7 Å². The Balaban J connectivity index is 1.63. The van der Waals surface area contributed by atoms with Crippen molar-refractivity contribution in [3.05, 3.63) is 12.4 Å². The highest BCUT2D eigenvalue weighted by molar-refractivity contribution is 7.88. The third-order valence-electron chi connectivity index (χ3n) is 3.98. The molecule has 21 heavy (non-hydrogen) atoms. The highest BCUT2D eigenvalue weighted by Crippen LogP contribution is 2.30. The van der Waals surface area contributed by atoms with Gasteiger partial charge in [-0.15, -0.1) is 0 Å². The van der Waals surface area contributed by atoms with Crippen LogP contribution in [0.4, 0.5) is 5.69 Å². The zero-order valence-corrected chi connectivity index (χ0v) is 12.8. The second kappa shape index (κ2) is 5.42. The van der Waals surface area contributed by atoms with E-state index < -0.39 is 16.1 Å². The van der Waals surface area contributed by atoms with Gasteiger partial charge in [-0.1, -0.05) is 0 Å². The molecule has 0 spiro atoms. The lowest BCUT2D eigenvalue weighted by atomic mass is 10.2. The van der Waals surface area contributed by atoms with Gasteiger partial charge >= 0.3 is 0 Å². The first-order chi connectivity index (χ1) is 9.93. The van der Waals surface area contributed by atoms with E-state index in [0.717, 1.165) is 12.8 Å². The Bertz CT molecular complexity index is 636. The van der Waals surface area contributed by atoms with E-state index in [4.69, 9.17) is 0 Å². The van der Waals surface area contributed by atoms with Crippen LogP contribution in [-0.2, 0) is 21.4 Å². The van der Waals surface area contributed by atoms with E-state index in [1.54, 1.807) is 12.4 Å². The molecule has 1 aliphatic carbocycles. The van der Waals surface area contributed by atoms with E-state index in [1.165, 1.54) is 17.1 Å². The van der Waals surface area contributed by atoms with Crippen LogP contribution in [-0.4, -0.2) is 47.3 Å². The molecule has 1 N–H and O–H groups in total. The van der Waals surface area contributed by atoms with E-state index in [-0.39, 0.29) is 5.91 Å². The predicted octanol–water partition coefficient (Wildman–Crippen LogP) is 0.656. The standard InChI is InChI=1S/C13H20N4O3S/c1-21(19,20)17-6-2-3-12(17)13(18)15-11-7-14-16(9-11)8-10-4-5-10/h7,9-10,12H,2-6,8H2,1H3,(H,15,18). The molecule has 1 saturated carbocycles. The Hall–Kier alpha value is -1.41. The van der Waals surface area contributed by atoms with E-state index in [9.17, 15) is 13.2 Å². The van der Waals surface area contributed by atoms with Crippen LogP contribution in [0.2, 0.25) is 0 Å². The summed E-state index contributed by atoms with van der Waals surface area (Å²) in [6.45, 7) is 1.30. The summed E-state index contributed by atoms with van der Waals surface area (Å²) < 4.78 is 26.4. The Morgan fingerprint density at radius 2 is 2.19 bits per heavy atom. The van der Waals surface area contributed by atoms with E-state index in [0.29, 0.717) is 31.0 Å². The fraction of sp³-hybridized carbons (Fsp3) is 0.692. The van der Waals surface area contributed by atoms with Crippen LogP contribution < -0.4 is 5.32 Å².